The Kier molecular flexibility index (Phi) is 2.73. The van der Waals surface area contributed by atoms with Crippen molar-refractivity contribution in [2.45, 2.75) is 38.6 Å². The third-order valence-corrected chi connectivity index (χ3v) is 2.25. The summed E-state index contributed by atoms with van der Waals surface area (Å²) in [7, 11) is 0. The maximum atomic E-state index is 11.3. The van der Waals surface area contributed by atoms with Crippen molar-refractivity contribution in [1.82, 2.24) is 5.32 Å². The first-order valence-electron chi connectivity index (χ1n) is 4.62. The topological polar surface area (TPSA) is 55.1 Å². The van der Waals surface area contributed by atoms with Gasteiger partial charge in [-0.25, -0.2) is 0 Å². The van der Waals surface area contributed by atoms with E-state index in [-0.39, 0.29) is 5.91 Å². The summed E-state index contributed by atoms with van der Waals surface area (Å²) in [6.07, 6.45) is 2.73. The van der Waals surface area contributed by atoms with Gasteiger partial charge in [-0.15, -0.1) is 0 Å². The van der Waals surface area contributed by atoms with Crippen LogP contribution < -0.4 is 11.1 Å². The molecule has 3 N–H and O–H groups in total. The van der Waals surface area contributed by atoms with Gasteiger partial charge in [0.1, 0.15) is 0 Å². The first kappa shape index (κ1) is 9.52. The minimum atomic E-state index is -0.503. The molecule has 1 aliphatic carbocycles. The van der Waals surface area contributed by atoms with Crippen molar-refractivity contribution in [1.29, 1.82) is 0 Å². The predicted octanol–water partition coefficient (Wildman–Crippen LogP) is 0.640. The fraction of sp³-hybridized carbons (Fsp3) is 0.889. The number of rotatable bonds is 4. The molecule has 0 aromatic heterocycles. The molecule has 0 bridgehead atoms. The fourth-order valence-electron chi connectivity index (χ4n) is 1.01. The standard InChI is InChI=1S/C9H18N2O/c1-7(2)3-6-11-8(12)9(10)4-5-9/h7H,3-6,10H2,1-2H3,(H,11,12). The Balaban J connectivity index is 2.11. The minimum absolute atomic E-state index is 0.0307. The molecule has 1 saturated carbocycles. The lowest BCUT2D eigenvalue weighted by Gasteiger charge is -2.10. The third-order valence-electron chi connectivity index (χ3n) is 2.25. The Hall–Kier alpha value is -0.570. The maximum absolute atomic E-state index is 11.3. The second-order valence-corrected chi connectivity index (χ2v) is 4.09. The molecule has 0 saturated heterocycles. The van der Waals surface area contributed by atoms with Gasteiger partial charge in [-0.3, -0.25) is 4.79 Å². The molecule has 70 valence electrons. The van der Waals surface area contributed by atoms with Gasteiger partial charge in [-0.1, -0.05) is 13.8 Å². The van der Waals surface area contributed by atoms with Gasteiger partial charge in [0.2, 0.25) is 5.91 Å². The number of nitrogens with one attached hydrogen (secondary N) is 1. The van der Waals surface area contributed by atoms with Crippen molar-refractivity contribution in [2.24, 2.45) is 11.7 Å². The summed E-state index contributed by atoms with van der Waals surface area (Å²) in [6.45, 7) is 5.04. The molecule has 3 nitrogen and oxygen atoms in total. The van der Waals surface area contributed by atoms with Gasteiger partial charge in [0.25, 0.3) is 0 Å². The highest BCUT2D eigenvalue weighted by Gasteiger charge is 2.45. The van der Waals surface area contributed by atoms with Crippen LogP contribution in [0.15, 0.2) is 0 Å². The summed E-state index contributed by atoms with van der Waals surface area (Å²) in [5.41, 5.74) is 5.19. The number of hydrogen-bond donors (Lipinski definition) is 2. The molecular weight excluding hydrogens is 152 g/mol. The monoisotopic (exact) mass is 170 g/mol. The Labute approximate surface area is 73.7 Å². The van der Waals surface area contributed by atoms with Crippen molar-refractivity contribution >= 4 is 5.91 Å². The summed E-state index contributed by atoms with van der Waals surface area (Å²) in [6, 6.07) is 0. The Morgan fingerprint density at radius 1 is 1.58 bits per heavy atom. The molecule has 0 aliphatic heterocycles. The molecule has 1 fully saturated rings. The summed E-state index contributed by atoms with van der Waals surface area (Å²) in [5.74, 6) is 0.668. The minimum Gasteiger partial charge on any atom is -0.354 e. The van der Waals surface area contributed by atoms with E-state index in [2.05, 4.69) is 19.2 Å². The summed E-state index contributed by atoms with van der Waals surface area (Å²) < 4.78 is 0. The third kappa shape index (κ3) is 2.48. The van der Waals surface area contributed by atoms with Crippen LogP contribution in [0.1, 0.15) is 33.1 Å². The van der Waals surface area contributed by atoms with E-state index in [1.807, 2.05) is 0 Å². The van der Waals surface area contributed by atoms with Crippen molar-refractivity contribution in [3.8, 4) is 0 Å². The van der Waals surface area contributed by atoms with E-state index in [0.29, 0.717) is 5.92 Å². The Morgan fingerprint density at radius 2 is 2.17 bits per heavy atom. The average molecular weight is 170 g/mol. The first-order valence-corrected chi connectivity index (χ1v) is 4.62. The van der Waals surface area contributed by atoms with Gasteiger partial charge >= 0.3 is 0 Å². The van der Waals surface area contributed by atoms with Crippen molar-refractivity contribution < 1.29 is 4.79 Å². The SMILES string of the molecule is CC(C)CCNC(=O)C1(N)CC1. The van der Waals surface area contributed by atoms with Crippen molar-refractivity contribution in [3.05, 3.63) is 0 Å². The van der Waals surface area contributed by atoms with Crippen molar-refractivity contribution in [3.63, 3.8) is 0 Å². The highest BCUT2D eigenvalue weighted by molar-refractivity contribution is 5.88. The molecule has 1 aliphatic rings. The van der Waals surface area contributed by atoms with Crippen LogP contribution in [0.25, 0.3) is 0 Å². The molecular formula is C9H18N2O. The molecule has 3 heteroatoms. The Morgan fingerprint density at radius 3 is 2.58 bits per heavy atom. The molecule has 0 aromatic carbocycles. The van der Waals surface area contributed by atoms with Crippen LogP contribution >= 0.6 is 0 Å². The number of carbonyl (C=O) groups excluding carboxylic acids is 1. The van der Waals surface area contributed by atoms with Gasteiger partial charge in [0.15, 0.2) is 0 Å². The van der Waals surface area contributed by atoms with E-state index in [9.17, 15) is 4.79 Å². The molecule has 0 spiro atoms. The maximum Gasteiger partial charge on any atom is 0.240 e. The quantitative estimate of drug-likeness (QED) is 0.650. The van der Waals surface area contributed by atoms with Crippen LogP contribution in [0.5, 0.6) is 0 Å². The summed E-state index contributed by atoms with van der Waals surface area (Å²) in [4.78, 5) is 11.3. The van der Waals surface area contributed by atoms with Gasteiger partial charge in [-0.2, -0.15) is 0 Å². The molecule has 0 radical (unpaired) electrons. The molecule has 1 rings (SSSR count). The van der Waals surface area contributed by atoms with Crippen LogP contribution in [0.4, 0.5) is 0 Å². The summed E-state index contributed by atoms with van der Waals surface area (Å²) >= 11 is 0. The summed E-state index contributed by atoms with van der Waals surface area (Å²) in [5, 5.41) is 2.85. The van der Waals surface area contributed by atoms with Gasteiger partial charge < -0.3 is 11.1 Å². The smallest absolute Gasteiger partial charge is 0.240 e. The van der Waals surface area contributed by atoms with Crippen LogP contribution in [0, 0.1) is 5.92 Å². The molecule has 0 aromatic rings. The second-order valence-electron chi connectivity index (χ2n) is 4.09. The van der Waals surface area contributed by atoms with E-state index in [1.165, 1.54) is 0 Å². The zero-order valence-corrected chi connectivity index (χ0v) is 7.89. The zero-order valence-electron chi connectivity index (χ0n) is 7.89. The molecule has 0 heterocycles. The fourth-order valence-corrected chi connectivity index (χ4v) is 1.01. The van der Waals surface area contributed by atoms with Crippen LogP contribution in [0.2, 0.25) is 0 Å². The molecule has 0 atom stereocenters. The highest BCUT2D eigenvalue weighted by Crippen LogP contribution is 2.31. The van der Waals surface area contributed by atoms with Crippen LogP contribution in [-0.2, 0) is 4.79 Å². The zero-order chi connectivity index (χ0) is 9.19. The van der Waals surface area contributed by atoms with Gasteiger partial charge in [0.05, 0.1) is 5.54 Å². The Bertz CT molecular complexity index is 173. The second kappa shape index (κ2) is 3.44. The van der Waals surface area contributed by atoms with Gasteiger partial charge in [-0.05, 0) is 25.2 Å². The highest BCUT2D eigenvalue weighted by atomic mass is 16.2. The molecule has 1 amide bonds. The number of nitrogens with two attached hydrogens (primary N) is 1. The molecule has 0 unspecified atom stereocenters. The van der Waals surface area contributed by atoms with E-state index >= 15 is 0 Å². The van der Waals surface area contributed by atoms with E-state index < -0.39 is 5.54 Å². The van der Waals surface area contributed by atoms with E-state index in [4.69, 9.17) is 5.73 Å². The largest absolute Gasteiger partial charge is 0.354 e. The number of amides is 1. The lowest BCUT2D eigenvalue weighted by atomic mass is 10.1. The number of hydrogen-bond acceptors (Lipinski definition) is 2. The number of carbonyl (C=O) groups is 1. The lowest BCUT2D eigenvalue weighted by Crippen LogP contribution is -2.43. The lowest BCUT2D eigenvalue weighted by molar-refractivity contribution is -0.123. The predicted molar refractivity (Wildman–Crippen MR) is 48.6 cm³/mol. The average Bonchev–Trinajstić information content (AvgIpc) is 2.68. The van der Waals surface area contributed by atoms with E-state index in [1.54, 1.807) is 0 Å². The van der Waals surface area contributed by atoms with Crippen LogP contribution in [0.3, 0.4) is 0 Å². The first-order chi connectivity index (χ1) is 5.54. The van der Waals surface area contributed by atoms with E-state index in [0.717, 1.165) is 25.8 Å². The molecule has 12 heavy (non-hydrogen) atoms. The van der Waals surface area contributed by atoms with Gasteiger partial charge in [0, 0.05) is 6.54 Å². The van der Waals surface area contributed by atoms with Crippen LogP contribution in [-0.4, -0.2) is 18.0 Å². The van der Waals surface area contributed by atoms with Crippen molar-refractivity contribution in [2.75, 3.05) is 6.54 Å². The normalized spacial score (nSPS) is 19.3.